The first kappa shape index (κ1) is 30.0. The number of hydrogen-bond acceptors (Lipinski definition) is 5. The highest BCUT2D eigenvalue weighted by Crippen LogP contribution is 2.21. The number of amides is 2. The first-order chi connectivity index (χ1) is 18.9. The minimum atomic E-state index is -0.454. The van der Waals surface area contributed by atoms with E-state index in [0.717, 1.165) is 41.7 Å². The summed E-state index contributed by atoms with van der Waals surface area (Å²) in [4.78, 5) is 36.7. The van der Waals surface area contributed by atoms with Gasteiger partial charge in [-0.05, 0) is 67.2 Å². The summed E-state index contributed by atoms with van der Waals surface area (Å²) in [6, 6.07) is 26.5. The van der Waals surface area contributed by atoms with Gasteiger partial charge in [-0.1, -0.05) is 72.3 Å². The van der Waals surface area contributed by atoms with Gasteiger partial charge >= 0.3 is 5.97 Å². The van der Waals surface area contributed by atoms with Crippen molar-refractivity contribution in [2.75, 3.05) is 12.3 Å². The molecule has 0 saturated carbocycles. The molecule has 2 unspecified atom stereocenters. The molecule has 0 saturated heterocycles. The van der Waals surface area contributed by atoms with E-state index in [1.165, 1.54) is 17.4 Å². The van der Waals surface area contributed by atoms with E-state index in [2.05, 4.69) is 54.0 Å². The third-order valence-corrected chi connectivity index (χ3v) is 7.51. The number of esters is 1. The fourth-order valence-electron chi connectivity index (χ4n) is 4.31. The smallest absolute Gasteiger partial charge is 0.302 e. The summed E-state index contributed by atoms with van der Waals surface area (Å²) in [7, 11) is 0. The van der Waals surface area contributed by atoms with Crippen LogP contribution in [0.15, 0.2) is 83.8 Å². The van der Waals surface area contributed by atoms with Gasteiger partial charge in [-0.3, -0.25) is 14.4 Å². The largest absolute Gasteiger partial charge is 0.461 e. The number of aryl methyl sites for hydroxylation is 1. The molecule has 0 bridgehead atoms. The zero-order chi connectivity index (χ0) is 27.9. The molecule has 0 spiro atoms. The molecule has 3 aromatic carbocycles. The van der Waals surface area contributed by atoms with Crippen LogP contribution in [-0.2, 0) is 25.5 Å². The summed E-state index contributed by atoms with van der Waals surface area (Å²) in [5.41, 5.74) is 4.38. The topological polar surface area (TPSA) is 84.5 Å². The Balaban J connectivity index is 1.43. The van der Waals surface area contributed by atoms with Crippen LogP contribution in [0.25, 0.3) is 11.1 Å². The van der Waals surface area contributed by atoms with E-state index in [1.807, 2.05) is 42.5 Å². The lowest BCUT2D eigenvalue weighted by molar-refractivity contribution is -0.147. The fourth-order valence-corrected chi connectivity index (χ4v) is 5.18. The van der Waals surface area contributed by atoms with E-state index in [9.17, 15) is 14.4 Å². The lowest BCUT2D eigenvalue weighted by Crippen LogP contribution is -2.37. The van der Waals surface area contributed by atoms with Crippen LogP contribution in [0, 0.1) is 6.92 Å². The van der Waals surface area contributed by atoms with Crippen LogP contribution < -0.4 is 10.6 Å². The van der Waals surface area contributed by atoms with Crippen LogP contribution in [0.3, 0.4) is 0 Å². The Kier molecular flexibility index (Phi) is 12.6. The molecular formula is C32H38N2O4S. The zero-order valence-electron chi connectivity index (χ0n) is 22.7. The Labute approximate surface area is 235 Å². The Morgan fingerprint density at radius 3 is 2.26 bits per heavy atom. The SMILES string of the molecule is CC(=O)OC(CCC(CCCSc1ccc(C)cc1)NC=O)CNC(=O)Cc1ccc(-c2ccccc2)cc1. The van der Waals surface area contributed by atoms with Crippen LogP contribution in [-0.4, -0.2) is 42.7 Å². The number of thioether (sulfide) groups is 1. The van der Waals surface area contributed by atoms with Gasteiger partial charge in [-0.15, -0.1) is 11.8 Å². The third-order valence-electron chi connectivity index (χ3n) is 6.41. The van der Waals surface area contributed by atoms with E-state index < -0.39 is 6.10 Å². The molecule has 0 aromatic heterocycles. The van der Waals surface area contributed by atoms with Crippen molar-refractivity contribution >= 4 is 30.0 Å². The van der Waals surface area contributed by atoms with E-state index >= 15 is 0 Å². The van der Waals surface area contributed by atoms with Crippen molar-refractivity contribution in [3.05, 3.63) is 90.0 Å². The van der Waals surface area contributed by atoms with Crippen molar-refractivity contribution < 1.29 is 19.1 Å². The average molecular weight is 547 g/mol. The molecule has 0 radical (unpaired) electrons. The minimum absolute atomic E-state index is 0.0157. The van der Waals surface area contributed by atoms with Gasteiger partial charge in [-0.2, -0.15) is 0 Å². The average Bonchev–Trinajstić information content (AvgIpc) is 2.94. The lowest BCUT2D eigenvalue weighted by atomic mass is 10.0. The summed E-state index contributed by atoms with van der Waals surface area (Å²) in [6.45, 7) is 3.67. The van der Waals surface area contributed by atoms with Crippen LogP contribution >= 0.6 is 11.8 Å². The van der Waals surface area contributed by atoms with Crippen molar-refractivity contribution in [1.29, 1.82) is 0 Å². The first-order valence-corrected chi connectivity index (χ1v) is 14.4. The van der Waals surface area contributed by atoms with Crippen LogP contribution in [0.5, 0.6) is 0 Å². The van der Waals surface area contributed by atoms with Gasteiger partial charge < -0.3 is 15.4 Å². The minimum Gasteiger partial charge on any atom is -0.461 e. The quantitative estimate of drug-likeness (QED) is 0.104. The number of rotatable bonds is 16. The predicted molar refractivity (Wildman–Crippen MR) is 158 cm³/mol. The lowest BCUT2D eigenvalue weighted by Gasteiger charge is -2.21. The number of benzene rings is 3. The molecule has 2 atom stereocenters. The highest BCUT2D eigenvalue weighted by Gasteiger charge is 2.17. The molecular weight excluding hydrogens is 508 g/mol. The van der Waals surface area contributed by atoms with Crippen LogP contribution in [0.1, 0.15) is 43.7 Å². The second-order valence-electron chi connectivity index (χ2n) is 9.64. The molecule has 0 aliphatic heterocycles. The summed E-state index contributed by atoms with van der Waals surface area (Å²) in [5, 5.41) is 5.80. The molecule has 7 heteroatoms. The highest BCUT2D eigenvalue weighted by atomic mass is 32.2. The van der Waals surface area contributed by atoms with Gasteiger partial charge in [0, 0.05) is 17.9 Å². The number of hydrogen-bond donors (Lipinski definition) is 2. The van der Waals surface area contributed by atoms with Gasteiger partial charge in [0.05, 0.1) is 13.0 Å². The Morgan fingerprint density at radius 2 is 1.59 bits per heavy atom. The Hall–Kier alpha value is -3.58. The van der Waals surface area contributed by atoms with E-state index in [4.69, 9.17) is 4.74 Å². The second-order valence-corrected chi connectivity index (χ2v) is 10.8. The molecule has 0 fully saturated rings. The normalized spacial score (nSPS) is 12.3. The van der Waals surface area contributed by atoms with E-state index in [-0.39, 0.29) is 30.9 Å². The van der Waals surface area contributed by atoms with Crippen molar-refractivity contribution in [3.63, 3.8) is 0 Å². The maximum absolute atomic E-state index is 12.6. The van der Waals surface area contributed by atoms with Crippen molar-refractivity contribution in [1.82, 2.24) is 10.6 Å². The van der Waals surface area contributed by atoms with Crippen molar-refractivity contribution in [2.24, 2.45) is 0 Å². The summed E-state index contributed by atoms with van der Waals surface area (Å²) in [6.07, 6.45) is 3.49. The molecule has 6 nitrogen and oxygen atoms in total. The Bertz CT molecular complexity index is 1170. The summed E-state index contributed by atoms with van der Waals surface area (Å²) >= 11 is 1.80. The molecule has 2 N–H and O–H groups in total. The third kappa shape index (κ3) is 11.4. The van der Waals surface area contributed by atoms with Crippen LogP contribution in [0.2, 0.25) is 0 Å². The van der Waals surface area contributed by atoms with Gasteiger partial charge in [-0.25, -0.2) is 0 Å². The maximum atomic E-state index is 12.6. The Morgan fingerprint density at radius 1 is 0.897 bits per heavy atom. The van der Waals surface area contributed by atoms with Crippen LogP contribution in [0.4, 0.5) is 0 Å². The van der Waals surface area contributed by atoms with Gasteiger partial charge in [0.25, 0.3) is 0 Å². The molecule has 206 valence electrons. The molecule has 3 aromatic rings. The zero-order valence-corrected chi connectivity index (χ0v) is 23.5. The van der Waals surface area contributed by atoms with Gasteiger partial charge in [0.2, 0.25) is 12.3 Å². The van der Waals surface area contributed by atoms with Crippen molar-refractivity contribution in [3.8, 4) is 11.1 Å². The molecule has 39 heavy (non-hydrogen) atoms. The number of carbonyl (C=O) groups excluding carboxylic acids is 3. The van der Waals surface area contributed by atoms with Crippen molar-refractivity contribution in [2.45, 2.75) is 63.0 Å². The molecule has 0 aliphatic carbocycles. The highest BCUT2D eigenvalue weighted by molar-refractivity contribution is 7.99. The number of carbonyl (C=O) groups is 3. The molecule has 2 amide bonds. The van der Waals surface area contributed by atoms with E-state index in [0.29, 0.717) is 12.8 Å². The fraction of sp³-hybridized carbons (Fsp3) is 0.344. The predicted octanol–water partition coefficient (Wildman–Crippen LogP) is 5.72. The molecule has 3 rings (SSSR count). The maximum Gasteiger partial charge on any atom is 0.302 e. The number of nitrogens with one attached hydrogen (secondary N) is 2. The van der Waals surface area contributed by atoms with Gasteiger partial charge in [0.15, 0.2) is 0 Å². The van der Waals surface area contributed by atoms with E-state index in [1.54, 1.807) is 11.8 Å². The summed E-state index contributed by atoms with van der Waals surface area (Å²) in [5.74, 6) is 0.436. The standard InChI is InChI=1S/C32H38N2O4S/c1-24-10-18-31(19-11-24)39-20-6-9-29(34-23-35)16-17-30(38-25(2)36)22-33-32(37)21-26-12-14-28(15-13-26)27-7-4-3-5-8-27/h3-5,7-8,10-15,18-19,23,29-30H,6,9,16-17,20-22H2,1-2H3,(H,33,37)(H,34,35). The van der Waals surface area contributed by atoms with Gasteiger partial charge in [0.1, 0.15) is 6.10 Å². The molecule has 0 heterocycles. The second kappa shape index (κ2) is 16.4. The monoisotopic (exact) mass is 546 g/mol. The first-order valence-electron chi connectivity index (χ1n) is 13.4. The number of ether oxygens (including phenoxy) is 1. The summed E-state index contributed by atoms with van der Waals surface area (Å²) < 4.78 is 5.46. The molecule has 0 aliphatic rings.